The summed E-state index contributed by atoms with van der Waals surface area (Å²) in [6.45, 7) is 3.91. The number of fused-ring (bicyclic) bond motifs is 2. The minimum atomic E-state index is -0.688. The van der Waals surface area contributed by atoms with Gasteiger partial charge in [0.15, 0.2) is 0 Å². The number of rotatable bonds is 4. The Morgan fingerprint density at radius 3 is 2.31 bits per heavy atom. The van der Waals surface area contributed by atoms with Crippen molar-refractivity contribution >= 4 is 21.9 Å². The first-order valence-electron chi connectivity index (χ1n) is 10.6. The zero-order valence-corrected chi connectivity index (χ0v) is 18.0. The van der Waals surface area contributed by atoms with Crippen molar-refractivity contribution in [2.24, 2.45) is 0 Å². The molecule has 0 atom stereocenters. The Hall–Kier alpha value is -3.92. The zero-order valence-electron chi connectivity index (χ0n) is 18.0. The molecule has 4 heteroatoms. The lowest BCUT2D eigenvalue weighted by molar-refractivity contribution is 0.412. The van der Waals surface area contributed by atoms with E-state index in [0.717, 1.165) is 27.9 Å². The van der Waals surface area contributed by atoms with Crippen LogP contribution in [0.3, 0.4) is 0 Å². The summed E-state index contributed by atoms with van der Waals surface area (Å²) in [5.74, 6) is 0.736. The van der Waals surface area contributed by atoms with Crippen LogP contribution in [0.1, 0.15) is 25.0 Å². The summed E-state index contributed by atoms with van der Waals surface area (Å²) < 4.78 is 11.7. The van der Waals surface area contributed by atoms with Crippen LogP contribution in [0.15, 0.2) is 98.6 Å². The molecule has 0 aliphatic heterocycles. The van der Waals surface area contributed by atoms with Gasteiger partial charge in [-0.1, -0.05) is 56.3 Å². The summed E-state index contributed by atoms with van der Waals surface area (Å²) in [6.07, 6.45) is 0.514. The largest absolute Gasteiger partial charge is 0.507 e. The lowest BCUT2D eigenvalue weighted by atomic mass is 9.78. The van der Waals surface area contributed by atoms with Gasteiger partial charge in [0.25, 0.3) is 0 Å². The van der Waals surface area contributed by atoms with Crippen LogP contribution in [0.25, 0.3) is 33.3 Å². The molecule has 5 rings (SSSR count). The lowest BCUT2D eigenvalue weighted by Gasteiger charge is -2.25. The smallest absolute Gasteiger partial charge is 0.361 e. The number of para-hydroxylation sites is 2. The standard InChI is InChI=1S/C28H22O4/c1-28(2,25-26(29)21-13-7-9-15-23(21)32-27(25)30)17-19-16-24(18-10-4-3-5-11-18)31-22-14-8-6-12-20(19)22/h3-16H,17H2,1-2H3/p+1. The van der Waals surface area contributed by atoms with Crippen molar-refractivity contribution < 1.29 is 13.9 Å². The average Bonchev–Trinajstić information content (AvgIpc) is 2.79. The highest BCUT2D eigenvalue weighted by Gasteiger charge is 2.32. The fraction of sp³-hybridized carbons (Fsp3) is 0.143. The third kappa shape index (κ3) is 3.44. The van der Waals surface area contributed by atoms with Crippen molar-refractivity contribution in [1.82, 2.24) is 0 Å². The first-order valence-corrected chi connectivity index (χ1v) is 10.6. The molecule has 0 aliphatic carbocycles. The van der Waals surface area contributed by atoms with Gasteiger partial charge < -0.3 is 9.52 Å². The van der Waals surface area contributed by atoms with Gasteiger partial charge in [0.05, 0.1) is 21.9 Å². The van der Waals surface area contributed by atoms with E-state index in [4.69, 9.17) is 8.83 Å². The molecule has 32 heavy (non-hydrogen) atoms. The van der Waals surface area contributed by atoms with Crippen LogP contribution in [0.5, 0.6) is 5.75 Å². The van der Waals surface area contributed by atoms with Crippen LogP contribution in [0.4, 0.5) is 0 Å². The van der Waals surface area contributed by atoms with Gasteiger partial charge in [-0.25, -0.2) is 9.21 Å². The van der Waals surface area contributed by atoms with Gasteiger partial charge in [-0.15, -0.1) is 0 Å². The minimum absolute atomic E-state index is 0.0185. The first kappa shape index (κ1) is 20.0. The Morgan fingerprint density at radius 2 is 1.53 bits per heavy atom. The van der Waals surface area contributed by atoms with Gasteiger partial charge in [-0.2, -0.15) is 0 Å². The SMILES string of the molecule is CC(C)(Cc1cc(-c2ccccc2)[o+]c2ccccc12)c1c(O)c2ccccc2oc1=O. The predicted molar refractivity (Wildman–Crippen MR) is 127 cm³/mol. The first-order chi connectivity index (χ1) is 15.4. The maximum Gasteiger partial charge on any atom is 0.361 e. The molecule has 0 aliphatic rings. The van der Waals surface area contributed by atoms with Crippen molar-refractivity contribution in [1.29, 1.82) is 0 Å². The number of hydrogen-bond acceptors (Lipinski definition) is 3. The normalized spacial score (nSPS) is 11.8. The summed E-state index contributed by atoms with van der Waals surface area (Å²) >= 11 is 0. The van der Waals surface area contributed by atoms with Crippen molar-refractivity contribution in [3.8, 4) is 17.1 Å². The second-order valence-electron chi connectivity index (χ2n) is 8.67. The van der Waals surface area contributed by atoms with Gasteiger partial charge in [-0.05, 0) is 42.3 Å². The highest BCUT2D eigenvalue weighted by Crippen LogP contribution is 2.38. The molecule has 3 aromatic carbocycles. The Balaban J connectivity index is 1.67. The second kappa shape index (κ2) is 7.65. The molecule has 2 aromatic heterocycles. The van der Waals surface area contributed by atoms with E-state index in [9.17, 15) is 9.90 Å². The molecule has 0 bridgehead atoms. The molecule has 2 heterocycles. The van der Waals surface area contributed by atoms with Gasteiger partial charge in [0, 0.05) is 17.5 Å². The molecule has 5 aromatic rings. The fourth-order valence-corrected chi connectivity index (χ4v) is 4.39. The van der Waals surface area contributed by atoms with Crippen molar-refractivity contribution in [2.45, 2.75) is 25.7 Å². The van der Waals surface area contributed by atoms with E-state index in [1.165, 1.54) is 0 Å². The van der Waals surface area contributed by atoms with Gasteiger partial charge in [0.1, 0.15) is 11.3 Å². The fourth-order valence-electron chi connectivity index (χ4n) is 4.39. The maximum absolute atomic E-state index is 12.9. The van der Waals surface area contributed by atoms with Crippen molar-refractivity contribution in [3.63, 3.8) is 0 Å². The maximum atomic E-state index is 12.9. The highest BCUT2D eigenvalue weighted by molar-refractivity contribution is 5.85. The highest BCUT2D eigenvalue weighted by atomic mass is 16.4. The Morgan fingerprint density at radius 1 is 0.875 bits per heavy atom. The molecule has 0 saturated carbocycles. The Labute approximate surface area is 185 Å². The van der Waals surface area contributed by atoms with Crippen molar-refractivity contribution in [3.05, 3.63) is 106 Å². The number of hydrogen-bond donors (Lipinski definition) is 1. The van der Waals surface area contributed by atoms with E-state index in [-0.39, 0.29) is 11.3 Å². The van der Waals surface area contributed by atoms with Crippen molar-refractivity contribution in [2.75, 3.05) is 0 Å². The summed E-state index contributed by atoms with van der Waals surface area (Å²) in [5, 5.41) is 12.5. The summed E-state index contributed by atoms with van der Waals surface area (Å²) in [6, 6.07) is 26.9. The topological polar surface area (TPSA) is 61.7 Å². The summed E-state index contributed by atoms with van der Waals surface area (Å²) in [7, 11) is 0. The van der Waals surface area contributed by atoms with E-state index >= 15 is 0 Å². The van der Waals surface area contributed by atoms with Gasteiger partial charge >= 0.3 is 17.0 Å². The zero-order chi connectivity index (χ0) is 22.3. The quantitative estimate of drug-likeness (QED) is 0.258. The predicted octanol–water partition coefficient (Wildman–Crippen LogP) is 6.71. The van der Waals surface area contributed by atoms with Gasteiger partial charge in [0.2, 0.25) is 0 Å². The van der Waals surface area contributed by atoms with Crippen LogP contribution < -0.4 is 5.63 Å². The second-order valence-corrected chi connectivity index (χ2v) is 8.67. The van der Waals surface area contributed by atoms with Crippen LogP contribution in [0.2, 0.25) is 0 Å². The monoisotopic (exact) mass is 423 g/mol. The third-order valence-corrected chi connectivity index (χ3v) is 5.91. The van der Waals surface area contributed by atoms with Crippen LogP contribution in [-0.2, 0) is 11.8 Å². The summed E-state index contributed by atoms with van der Waals surface area (Å²) in [4.78, 5) is 12.9. The molecular formula is C28H23O4+. The van der Waals surface area contributed by atoms with E-state index in [2.05, 4.69) is 0 Å². The molecule has 0 amide bonds. The van der Waals surface area contributed by atoms with E-state index < -0.39 is 11.0 Å². The molecule has 0 saturated heterocycles. The number of aromatic hydroxyl groups is 1. The molecule has 158 valence electrons. The summed E-state index contributed by atoms with van der Waals surface area (Å²) in [5.41, 5.74) is 2.24. The van der Waals surface area contributed by atoms with Gasteiger partial charge in [-0.3, -0.25) is 0 Å². The Kier molecular flexibility index (Phi) is 4.78. The molecule has 0 radical (unpaired) electrons. The minimum Gasteiger partial charge on any atom is -0.507 e. The molecular weight excluding hydrogens is 400 g/mol. The molecule has 0 unspecified atom stereocenters. The van der Waals surface area contributed by atoms with E-state index in [1.807, 2.05) is 80.6 Å². The number of benzene rings is 3. The molecule has 0 spiro atoms. The molecule has 1 N–H and O–H groups in total. The van der Waals surface area contributed by atoms with Crippen LogP contribution in [0, 0.1) is 0 Å². The van der Waals surface area contributed by atoms with Crippen LogP contribution in [-0.4, -0.2) is 5.11 Å². The third-order valence-electron chi connectivity index (χ3n) is 5.91. The van der Waals surface area contributed by atoms with Crippen LogP contribution >= 0.6 is 0 Å². The van der Waals surface area contributed by atoms with E-state index in [0.29, 0.717) is 17.4 Å². The molecule has 4 nitrogen and oxygen atoms in total. The molecule has 0 fully saturated rings. The average molecular weight is 423 g/mol. The lowest BCUT2D eigenvalue weighted by Crippen LogP contribution is -2.28. The Bertz CT molecular complexity index is 1500. The van der Waals surface area contributed by atoms with E-state index in [1.54, 1.807) is 18.2 Å².